The molecule has 0 aliphatic heterocycles. The van der Waals surface area contributed by atoms with Gasteiger partial charge in [-0.1, -0.05) is 62.4 Å². The number of sulfonamides is 1. The average molecular weight is 664 g/mol. The van der Waals surface area contributed by atoms with E-state index in [2.05, 4.69) is 5.32 Å². The maximum Gasteiger partial charge on any atom is 0.295 e. The summed E-state index contributed by atoms with van der Waals surface area (Å²) in [4.78, 5) is 27.1. The van der Waals surface area contributed by atoms with Crippen molar-refractivity contribution in [1.82, 2.24) is 23.4 Å². The van der Waals surface area contributed by atoms with Crippen LogP contribution in [-0.2, 0) is 21.9 Å². The summed E-state index contributed by atoms with van der Waals surface area (Å²) in [5, 5.41) is 17.5. The Bertz CT molecular complexity index is 2170. The van der Waals surface area contributed by atoms with Gasteiger partial charge in [0.25, 0.3) is 11.5 Å². The highest BCUT2D eigenvalue weighted by atomic mass is 32.2. The number of benzene rings is 3. The first-order chi connectivity index (χ1) is 23.1. The molecule has 1 amide bonds. The fourth-order valence-electron chi connectivity index (χ4n) is 5.43. The highest BCUT2D eigenvalue weighted by Crippen LogP contribution is 2.29. The van der Waals surface area contributed by atoms with Gasteiger partial charge in [-0.3, -0.25) is 14.3 Å². The second-order valence-corrected chi connectivity index (χ2v) is 13.1. The third-order valence-corrected chi connectivity index (χ3v) is 9.81. The standard InChI is InChI=1S/C36H37N7O4S/c1-5-20-41(21-6-2)48(46,47)32-19-13-14-27(23-32)34-29(25-42(39-34)30-15-9-7-10-16-30)22-28(24-37)35(44)38-33-26(3)40(4)43(36(33)45)31-17-11-8-12-18-31/h7-19,22-23,25H,5-6,20-21H2,1-4H3,(H,38,44)/b28-22-. The number of carbonyl (C=O) groups excluding carboxylic acids is 1. The third kappa shape index (κ3) is 6.78. The number of nitrogens with zero attached hydrogens (tertiary/aromatic N) is 6. The summed E-state index contributed by atoms with van der Waals surface area (Å²) in [7, 11) is -2.08. The van der Waals surface area contributed by atoms with Crippen molar-refractivity contribution in [2.75, 3.05) is 18.4 Å². The molecule has 0 saturated carbocycles. The molecule has 0 radical (unpaired) electrons. The van der Waals surface area contributed by atoms with E-state index in [4.69, 9.17) is 5.10 Å². The normalized spacial score (nSPS) is 11.9. The van der Waals surface area contributed by atoms with E-state index in [0.29, 0.717) is 54.1 Å². The third-order valence-electron chi connectivity index (χ3n) is 7.91. The summed E-state index contributed by atoms with van der Waals surface area (Å²) in [5.41, 5.74) is 2.47. The Kier molecular flexibility index (Phi) is 10.2. The van der Waals surface area contributed by atoms with E-state index in [1.54, 1.807) is 65.9 Å². The number of nitriles is 1. The van der Waals surface area contributed by atoms with Gasteiger partial charge in [-0.2, -0.15) is 14.7 Å². The minimum absolute atomic E-state index is 0.0503. The predicted octanol–water partition coefficient (Wildman–Crippen LogP) is 5.69. The lowest BCUT2D eigenvalue weighted by molar-refractivity contribution is -0.112. The fraction of sp³-hybridized carbons (Fsp3) is 0.222. The van der Waals surface area contributed by atoms with Crippen molar-refractivity contribution in [1.29, 1.82) is 5.26 Å². The number of amides is 1. The van der Waals surface area contributed by atoms with Gasteiger partial charge in [-0.25, -0.2) is 17.8 Å². The molecule has 0 unspecified atom stereocenters. The van der Waals surface area contributed by atoms with Crippen LogP contribution in [-0.4, -0.2) is 50.9 Å². The van der Waals surface area contributed by atoms with Gasteiger partial charge in [-0.05, 0) is 62.2 Å². The molecule has 12 heteroatoms. The molecular formula is C36H37N7O4S. The van der Waals surface area contributed by atoms with Crippen LogP contribution in [0.1, 0.15) is 37.9 Å². The number of hydrogen-bond donors (Lipinski definition) is 1. The average Bonchev–Trinajstić information content (AvgIpc) is 3.62. The molecule has 0 spiro atoms. The van der Waals surface area contributed by atoms with Crippen LogP contribution in [0.2, 0.25) is 0 Å². The van der Waals surface area contributed by atoms with Gasteiger partial charge in [0.2, 0.25) is 10.0 Å². The lowest BCUT2D eigenvalue weighted by atomic mass is 10.1. The number of nitrogens with one attached hydrogen (secondary N) is 1. The van der Waals surface area contributed by atoms with Gasteiger partial charge in [0, 0.05) is 37.5 Å². The first-order valence-corrected chi connectivity index (χ1v) is 17.1. The van der Waals surface area contributed by atoms with Crippen LogP contribution in [0.4, 0.5) is 5.69 Å². The minimum atomic E-state index is -3.79. The summed E-state index contributed by atoms with van der Waals surface area (Å²) in [6, 6.07) is 26.8. The van der Waals surface area contributed by atoms with Crippen LogP contribution in [0.15, 0.2) is 106 Å². The molecule has 48 heavy (non-hydrogen) atoms. The van der Waals surface area contributed by atoms with E-state index in [1.165, 1.54) is 15.1 Å². The molecule has 3 aromatic carbocycles. The molecule has 246 valence electrons. The smallest absolute Gasteiger partial charge is 0.295 e. The van der Waals surface area contributed by atoms with Crippen molar-refractivity contribution in [3.63, 3.8) is 0 Å². The maximum absolute atomic E-state index is 13.6. The Morgan fingerprint density at radius 3 is 2.19 bits per heavy atom. The summed E-state index contributed by atoms with van der Waals surface area (Å²) in [5.74, 6) is -0.770. The Morgan fingerprint density at radius 2 is 1.58 bits per heavy atom. The zero-order valence-corrected chi connectivity index (χ0v) is 28.1. The van der Waals surface area contributed by atoms with Crippen molar-refractivity contribution in [2.24, 2.45) is 7.05 Å². The van der Waals surface area contributed by atoms with E-state index >= 15 is 0 Å². The molecule has 1 N–H and O–H groups in total. The molecule has 0 aliphatic rings. The summed E-state index contributed by atoms with van der Waals surface area (Å²) >= 11 is 0. The van der Waals surface area contributed by atoms with Gasteiger partial charge in [0.15, 0.2) is 0 Å². The minimum Gasteiger partial charge on any atom is -0.315 e. The SMILES string of the molecule is CCCN(CCC)S(=O)(=O)c1cccc(-c2nn(-c3ccccc3)cc2/C=C(/C#N)C(=O)Nc2c(C)n(C)n(-c3ccccc3)c2=O)c1. The monoisotopic (exact) mass is 663 g/mol. The van der Waals surface area contributed by atoms with E-state index < -0.39 is 21.5 Å². The summed E-state index contributed by atoms with van der Waals surface area (Å²) in [6.07, 6.45) is 4.42. The largest absolute Gasteiger partial charge is 0.315 e. The maximum atomic E-state index is 13.6. The Morgan fingerprint density at radius 1 is 0.958 bits per heavy atom. The molecular weight excluding hydrogens is 627 g/mol. The molecule has 5 aromatic rings. The number of carbonyl (C=O) groups is 1. The number of anilines is 1. The van der Waals surface area contributed by atoms with Crippen LogP contribution in [0.5, 0.6) is 0 Å². The van der Waals surface area contributed by atoms with Crippen LogP contribution in [0, 0.1) is 18.3 Å². The Hall–Kier alpha value is -5.51. The van der Waals surface area contributed by atoms with Gasteiger partial charge < -0.3 is 5.32 Å². The molecule has 0 saturated heterocycles. The molecule has 0 fully saturated rings. The van der Waals surface area contributed by atoms with Gasteiger partial charge in [-0.15, -0.1) is 0 Å². The topological polar surface area (TPSA) is 135 Å². The van der Waals surface area contributed by atoms with Crippen molar-refractivity contribution in [3.8, 4) is 28.7 Å². The fourth-order valence-corrected chi connectivity index (χ4v) is 7.10. The molecule has 0 atom stereocenters. The molecule has 0 aliphatic carbocycles. The van der Waals surface area contributed by atoms with Crippen LogP contribution < -0.4 is 10.9 Å². The van der Waals surface area contributed by atoms with Gasteiger partial charge in [0.1, 0.15) is 23.0 Å². The quantitative estimate of drug-likeness (QED) is 0.135. The van der Waals surface area contributed by atoms with Gasteiger partial charge in [0.05, 0.1) is 22.0 Å². The Labute approximate surface area is 280 Å². The molecule has 2 aromatic heterocycles. The number of para-hydroxylation sites is 2. The van der Waals surface area contributed by atoms with Crippen molar-refractivity contribution in [3.05, 3.63) is 118 Å². The lowest BCUT2D eigenvalue weighted by Crippen LogP contribution is -2.32. The number of aromatic nitrogens is 4. The number of rotatable bonds is 12. The van der Waals surface area contributed by atoms with E-state index in [-0.39, 0.29) is 16.2 Å². The van der Waals surface area contributed by atoms with E-state index in [1.807, 2.05) is 68.4 Å². The van der Waals surface area contributed by atoms with Crippen LogP contribution >= 0.6 is 0 Å². The zero-order valence-electron chi connectivity index (χ0n) is 27.3. The molecule has 2 heterocycles. The Balaban J connectivity index is 1.57. The van der Waals surface area contributed by atoms with Crippen molar-refractivity contribution >= 4 is 27.7 Å². The van der Waals surface area contributed by atoms with Crippen molar-refractivity contribution in [2.45, 2.75) is 38.5 Å². The molecule has 0 bridgehead atoms. The van der Waals surface area contributed by atoms with E-state index in [9.17, 15) is 23.3 Å². The highest BCUT2D eigenvalue weighted by Gasteiger charge is 2.25. The van der Waals surface area contributed by atoms with Crippen LogP contribution in [0.25, 0.3) is 28.7 Å². The second-order valence-electron chi connectivity index (χ2n) is 11.2. The first-order valence-electron chi connectivity index (χ1n) is 15.6. The number of hydrogen-bond acceptors (Lipinski definition) is 6. The van der Waals surface area contributed by atoms with Crippen LogP contribution in [0.3, 0.4) is 0 Å². The molecule has 11 nitrogen and oxygen atoms in total. The molecule has 5 rings (SSSR count). The second kappa shape index (κ2) is 14.5. The highest BCUT2D eigenvalue weighted by molar-refractivity contribution is 7.89. The summed E-state index contributed by atoms with van der Waals surface area (Å²) < 4.78 is 33.4. The predicted molar refractivity (Wildman–Crippen MR) is 186 cm³/mol. The first kappa shape index (κ1) is 33.8. The van der Waals surface area contributed by atoms with Crippen molar-refractivity contribution < 1.29 is 13.2 Å². The van der Waals surface area contributed by atoms with Gasteiger partial charge >= 0.3 is 0 Å². The lowest BCUT2D eigenvalue weighted by Gasteiger charge is -2.21. The zero-order chi connectivity index (χ0) is 34.4. The van der Waals surface area contributed by atoms with E-state index in [0.717, 1.165) is 5.69 Å². The summed E-state index contributed by atoms with van der Waals surface area (Å²) in [6.45, 7) is 6.37.